The molecule has 0 aliphatic carbocycles. The highest BCUT2D eigenvalue weighted by Gasteiger charge is 2.33. The molecule has 11 nitrogen and oxygen atoms in total. The lowest BCUT2D eigenvalue weighted by molar-refractivity contribution is -0.136. The molecule has 0 spiro atoms. The van der Waals surface area contributed by atoms with Crippen LogP contribution in [0.1, 0.15) is 24.4 Å². The van der Waals surface area contributed by atoms with E-state index in [9.17, 15) is 22.8 Å². The van der Waals surface area contributed by atoms with Crippen LogP contribution >= 0.6 is 11.6 Å². The van der Waals surface area contributed by atoms with Crippen LogP contribution in [-0.2, 0) is 6.18 Å². The Balaban J connectivity index is 1.38. The summed E-state index contributed by atoms with van der Waals surface area (Å²) < 4.78 is 41.6. The zero-order chi connectivity index (χ0) is 31.0. The third kappa shape index (κ3) is 5.49. The number of alkyl halides is 3. The molecule has 2 amide bonds. The number of carbonyl (C=O) groups excluding carboxylic acids is 1. The van der Waals surface area contributed by atoms with Crippen LogP contribution in [0.2, 0.25) is 5.02 Å². The van der Waals surface area contributed by atoms with Crippen molar-refractivity contribution in [3.8, 4) is 5.69 Å². The quantitative estimate of drug-likeness (QED) is 0.166. The molecule has 4 N–H and O–H groups in total. The SMILES string of the molecule is CC(Nc1ncnc2nc[nH]c12)c1nc2cccc(Cl)c2c(=O)n1-c1cccc(NC(=O)Nc2ccccc2C(F)(F)F)c1. The van der Waals surface area contributed by atoms with E-state index in [0.717, 1.165) is 12.1 Å². The van der Waals surface area contributed by atoms with Crippen molar-refractivity contribution < 1.29 is 18.0 Å². The van der Waals surface area contributed by atoms with Crippen LogP contribution in [0.25, 0.3) is 27.8 Å². The molecule has 1 unspecified atom stereocenters. The molecule has 44 heavy (non-hydrogen) atoms. The van der Waals surface area contributed by atoms with Gasteiger partial charge in [-0.15, -0.1) is 0 Å². The van der Waals surface area contributed by atoms with Gasteiger partial charge in [0.2, 0.25) is 0 Å². The van der Waals surface area contributed by atoms with E-state index in [1.807, 2.05) is 0 Å². The molecule has 1 atom stereocenters. The fourth-order valence-electron chi connectivity index (χ4n) is 4.74. The van der Waals surface area contributed by atoms with Gasteiger partial charge < -0.3 is 20.9 Å². The largest absolute Gasteiger partial charge is 0.418 e. The van der Waals surface area contributed by atoms with Gasteiger partial charge in [-0.2, -0.15) is 13.2 Å². The molecule has 0 fully saturated rings. The molecule has 6 rings (SSSR count). The Bertz CT molecular complexity index is 2100. The monoisotopic (exact) mass is 619 g/mol. The highest BCUT2D eigenvalue weighted by molar-refractivity contribution is 6.35. The lowest BCUT2D eigenvalue weighted by atomic mass is 10.1. The number of hydrogen-bond donors (Lipinski definition) is 4. The summed E-state index contributed by atoms with van der Waals surface area (Å²) in [5.74, 6) is 0.718. The number of aromatic nitrogens is 6. The first kappa shape index (κ1) is 28.6. The van der Waals surface area contributed by atoms with Crippen molar-refractivity contribution in [3.63, 3.8) is 0 Å². The highest BCUT2D eigenvalue weighted by Crippen LogP contribution is 2.34. The van der Waals surface area contributed by atoms with E-state index >= 15 is 0 Å². The molecule has 0 saturated carbocycles. The van der Waals surface area contributed by atoms with Crippen LogP contribution in [0, 0.1) is 0 Å². The van der Waals surface area contributed by atoms with Gasteiger partial charge in [0.1, 0.15) is 17.7 Å². The molecule has 6 aromatic rings. The van der Waals surface area contributed by atoms with Crippen molar-refractivity contribution in [3.05, 3.63) is 106 Å². The third-order valence-corrected chi connectivity index (χ3v) is 6.99. The fraction of sp³-hybridized carbons (Fsp3) is 0.103. The lowest BCUT2D eigenvalue weighted by Crippen LogP contribution is -2.28. The van der Waals surface area contributed by atoms with E-state index in [0.29, 0.717) is 28.2 Å². The maximum Gasteiger partial charge on any atom is 0.418 e. The topological polar surface area (TPSA) is 143 Å². The average molecular weight is 620 g/mol. The smallest absolute Gasteiger partial charge is 0.358 e. The number of para-hydroxylation sites is 1. The van der Waals surface area contributed by atoms with E-state index in [1.165, 1.54) is 41.5 Å². The van der Waals surface area contributed by atoms with Gasteiger partial charge in [-0.25, -0.2) is 24.7 Å². The van der Waals surface area contributed by atoms with Gasteiger partial charge >= 0.3 is 12.2 Å². The first-order valence-electron chi connectivity index (χ1n) is 13.1. The van der Waals surface area contributed by atoms with E-state index in [1.54, 1.807) is 37.3 Å². The number of nitrogens with one attached hydrogen (secondary N) is 4. The van der Waals surface area contributed by atoms with Gasteiger partial charge in [-0.05, 0) is 49.4 Å². The van der Waals surface area contributed by atoms with Crippen molar-refractivity contribution in [1.82, 2.24) is 29.5 Å². The van der Waals surface area contributed by atoms with E-state index in [-0.39, 0.29) is 21.9 Å². The second-order valence-electron chi connectivity index (χ2n) is 9.61. The molecule has 0 bridgehead atoms. The molecule has 0 saturated heterocycles. The van der Waals surface area contributed by atoms with Gasteiger partial charge in [-0.1, -0.05) is 35.9 Å². The molecule has 3 heterocycles. The Morgan fingerprint density at radius 3 is 2.61 bits per heavy atom. The summed E-state index contributed by atoms with van der Waals surface area (Å²) in [5.41, 5.74) is 0.0241. The maximum atomic E-state index is 14.0. The number of benzene rings is 3. The standard InChI is InChI=1S/C29H21ClF3N9O2/c1-15(38-25-23-24(35-13-34-23)36-14-37-25)26-40-21-11-5-9-19(30)22(21)27(43)42(26)17-7-4-6-16(12-17)39-28(44)41-20-10-3-2-8-18(20)29(31,32)33/h2-15H,1H3,(H2,39,41,44)(H2,34,35,36,37,38). The predicted octanol–water partition coefficient (Wildman–Crippen LogP) is 6.54. The highest BCUT2D eigenvalue weighted by atomic mass is 35.5. The van der Waals surface area contributed by atoms with Crippen LogP contribution in [0.15, 0.2) is 84.2 Å². The molecular formula is C29H21ClF3N9O2. The minimum atomic E-state index is -4.66. The number of imidazole rings is 1. The minimum absolute atomic E-state index is 0.183. The Kier molecular flexibility index (Phi) is 7.35. The summed E-state index contributed by atoms with van der Waals surface area (Å²) in [6.45, 7) is 1.78. The fourth-order valence-corrected chi connectivity index (χ4v) is 4.99. The van der Waals surface area contributed by atoms with Gasteiger partial charge in [0.05, 0.1) is 45.2 Å². The maximum absolute atomic E-state index is 14.0. The summed E-state index contributed by atoms with van der Waals surface area (Å²) in [5, 5.41) is 8.40. The number of H-pyrrole nitrogens is 1. The molecule has 3 aromatic carbocycles. The predicted molar refractivity (Wildman–Crippen MR) is 160 cm³/mol. The second kappa shape index (κ2) is 11.3. The van der Waals surface area contributed by atoms with Crippen molar-refractivity contribution in [1.29, 1.82) is 0 Å². The molecule has 0 aliphatic heterocycles. The zero-order valence-electron chi connectivity index (χ0n) is 22.6. The van der Waals surface area contributed by atoms with Gasteiger partial charge in [0.25, 0.3) is 5.56 Å². The number of aromatic amines is 1. The molecule has 15 heteroatoms. The van der Waals surface area contributed by atoms with Crippen molar-refractivity contribution in [2.75, 3.05) is 16.0 Å². The molecule has 3 aromatic heterocycles. The van der Waals surface area contributed by atoms with Crippen LogP contribution in [0.3, 0.4) is 0 Å². The Labute approximate surface area is 251 Å². The second-order valence-corrected chi connectivity index (χ2v) is 10.0. The van der Waals surface area contributed by atoms with Crippen molar-refractivity contribution in [2.45, 2.75) is 19.1 Å². The first-order valence-corrected chi connectivity index (χ1v) is 13.4. The Morgan fingerprint density at radius 1 is 1.00 bits per heavy atom. The van der Waals surface area contributed by atoms with E-state index < -0.39 is 35.1 Å². The van der Waals surface area contributed by atoms with Crippen LogP contribution in [-0.4, -0.2) is 35.5 Å². The summed E-state index contributed by atoms with van der Waals surface area (Å²) in [4.78, 5) is 47.0. The molecule has 222 valence electrons. The number of fused-ring (bicyclic) bond motifs is 2. The lowest BCUT2D eigenvalue weighted by Gasteiger charge is -2.21. The summed E-state index contributed by atoms with van der Waals surface area (Å²) >= 11 is 6.42. The number of nitrogens with zero attached hydrogens (tertiary/aromatic N) is 5. The number of amides is 2. The molecule has 0 radical (unpaired) electrons. The zero-order valence-corrected chi connectivity index (χ0v) is 23.4. The number of anilines is 3. The minimum Gasteiger partial charge on any atom is -0.358 e. The molecular weight excluding hydrogens is 599 g/mol. The number of halogens is 4. The van der Waals surface area contributed by atoms with Crippen molar-refractivity contribution in [2.24, 2.45) is 0 Å². The summed E-state index contributed by atoms with van der Waals surface area (Å²) in [7, 11) is 0. The Hall–Kier alpha value is -5.50. The first-order chi connectivity index (χ1) is 21.1. The van der Waals surface area contributed by atoms with E-state index in [2.05, 4.69) is 35.9 Å². The third-order valence-electron chi connectivity index (χ3n) is 6.68. The van der Waals surface area contributed by atoms with Crippen LogP contribution in [0.5, 0.6) is 0 Å². The summed E-state index contributed by atoms with van der Waals surface area (Å²) in [6, 6.07) is 14.3. The molecule has 0 aliphatic rings. The van der Waals surface area contributed by atoms with Crippen molar-refractivity contribution >= 4 is 56.9 Å². The average Bonchev–Trinajstić information content (AvgIpc) is 3.47. The van der Waals surface area contributed by atoms with Gasteiger partial charge in [0.15, 0.2) is 11.5 Å². The van der Waals surface area contributed by atoms with Crippen LogP contribution in [0.4, 0.5) is 35.2 Å². The number of carbonyl (C=O) groups is 1. The number of hydrogen-bond acceptors (Lipinski definition) is 7. The van der Waals surface area contributed by atoms with Crippen LogP contribution < -0.4 is 21.5 Å². The summed E-state index contributed by atoms with van der Waals surface area (Å²) in [6.07, 6.45) is -1.82. The Morgan fingerprint density at radius 2 is 1.80 bits per heavy atom. The van der Waals surface area contributed by atoms with Gasteiger partial charge in [-0.3, -0.25) is 9.36 Å². The number of rotatable bonds is 6. The number of urea groups is 1. The van der Waals surface area contributed by atoms with E-state index in [4.69, 9.17) is 16.6 Å². The van der Waals surface area contributed by atoms with Gasteiger partial charge in [0, 0.05) is 5.69 Å². The normalized spacial score (nSPS) is 12.3.